The highest BCUT2D eigenvalue weighted by molar-refractivity contribution is 7.99. The Balaban J connectivity index is 1.29. The first-order chi connectivity index (χ1) is 18.1. The number of ether oxygens (including phenoxy) is 1. The van der Waals surface area contributed by atoms with Crippen LogP contribution < -0.4 is 5.32 Å². The minimum Gasteiger partial charge on any atom is -0.478 e. The second-order valence-corrected chi connectivity index (χ2v) is 10.3. The molecule has 1 saturated heterocycles. The van der Waals surface area contributed by atoms with Gasteiger partial charge in [-0.2, -0.15) is 11.8 Å². The molecule has 1 fully saturated rings. The van der Waals surface area contributed by atoms with Crippen molar-refractivity contribution in [2.45, 2.75) is 13.3 Å². The standard InChI is InChI=1S/C28H31N5O3S/c1-19-15-21-16-22(4-6-25(21)31-19)32-27-24-17-20(3-5-26(24)29-18-30-27)23(28(34)35)7-14-37-13-2-8-33-9-11-36-12-10-33/h3-7,15-18,31H,2,8-14H2,1H3,(H,34,35)(H,29,30,32). The van der Waals surface area contributed by atoms with Gasteiger partial charge < -0.3 is 20.1 Å². The number of aromatic amines is 1. The summed E-state index contributed by atoms with van der Waals surface area (Å²) in [6, 6.07) is 13.7. The average Bonchev–Trinajstić information content (AvgIpc) is 3.28. The molecule has 4 aromatic rings. The maximum Gasteiger partial charge on any atom is 0.335 e. The number of nitrogens with zero attached hydrogens (tertiary/aromatic N) is 3. The Kier molecular flexibility index (Phi) is 8.03. The van der Waals surface area contributed by atoms with Crippen LogP contribution in [0.5, 0.6) is 0 Å². The molecule has 0 atom stereocenters. The lowest BCUT2D eigenvalue weighted by Crippen LogP contribution is -2.36. The van der Waals surface area contributed by atoms with E-state index in [4.69, 9.17) is 4.74 Å². The number of carboxylic acids is 1. The molecule has 0 spiro atoms. The first-order valence-electron chi connectivity index (χ1n) is 12.5. The SMILES string of the molecule is Cc1cc2cc(Nc3ncnc4ccc(C(=CCSCCCN5CCOCC5)C(=O)O)cc34)ccc2[nH]1. The van der Waals surface area contributed by atoms with E-state index in [-0.39, 0.29) is 0 Å². The van der Waals surface area contributed by atoms with Crippen LogP contribution in [0.4, 0.5) is 11.5 Å². The molecular weight excluding hydrogens is 486 g/mol. The first-order valence-corrected chi connectivity index (χ1v) is 13.6. The Morgan fingerprint density at radius 1 is 1.19 bits per heavy atom. The number of anilines is 2. The van der Waals surface area contributed by atoms with Gasteiger partial charge in [0.1, 0.15) is 12.1 Å². The Hall–Kier alpha value is -3.40. The average molecular weight is 518 g/mol. The van der Waals surface area contributed by atoms with Gasteiger partial charge >= 0.3 is 5.97 Å². The molecule has 0 radical (unpaired) electrons. The number of nitrogens with one attached hydrogen (secondary N) is 2. The Labute approximate surface area is 220 Å². The van der Waals surface area contributed by atoms with Gasteiger partial charge in [-0.1, -0.05) is 12.1 Å². The van der Waals surface area contributed by atoms with Crippen LogP contribution in [-0.4, -0.2) is 75.3 Å². The number of H-pyrrole nitrogens is 1. The third-order valence-electron chi connectivity index (χ3n) is 6.47. The van der Waals surface area contributed by atoms with Crippen LogP contribution in [0.2, 0.25) is 0 Å². The number of benzene rings is 2. The zero-order chi connectivity index (χ0) is 25.6. The highest BCUT2D eigenvalue weighted by Crippen LogP contribution is 2.28. The normalized spacial score (nSPS) is 14.9. The minimum absolute atomic E-state index is 0.293. The van der Waals surface area contributed by atoms with Crippen molar-refractivity contribution in [3.8, 4) is 0 Å². The van der Waals surface area contributed by atoms with Gasteiger partial charge in [0.2, 0.25) is 0 Å². The molecule has 37 heavy (non-hydrogen) atoms. The highest BCUT2D eigenvalue weighted by atomic mass is 32.2. The van der Waals surface area contributed by atoms with Crippen LogP contribution in [0.1, 0.15) is 17.7 Å². The lowest BCUT2D eigenvalue weighted by Gasteiger charge is -2.26. The fourth-order valence-corrected chi connectivity index (χ4v) is 5.37. The van der Waals surface area contributed by atoms with Crippen LogP contribution >= 0.6 is 11.8 Å². The molecular formula is C28H31N5O3S. The van der Waals surface area contributed by atoms with Crippen molar-refractivity contribution in [2.75, 3.05) is 49.7 Å². The first kappa shape index (κ1) is 25.3. The number of aliphatic carboxylic acids is 1. The van der Waals surface area contributed by atoms with Gasteiger partial charge in [-0.25, -0.2) is 14.8 Å². The molecule has 5 rings (SSSR count). The molecule has 0 amide bonds. The number of thioether (sulfide) groups is 1. The van der Waals surface area contributed by atoms with E-state index in [2.05, 4.69) is 37.3 Å². The number of rotatable bonds is 10. The maximum absolute atomic E-state index is 12.1. The topological polar surface area (TPSA) is 103 Å². The number of hydrogen-bond acceptors (Lipinski definition) is 7. The quantitative estimate of drug-likeness (QED) is 0.198. The maximum atomic E-state index is 12.1. The van der Waals surface area contributed by atoms with Crippen molar-refractivity contribution >= 4 is 56.6 Å². The number of carbonyl (C=O) groups is 1. The number of morpholine rings is 1. The summed E-state index contributed by atoms with van der Waals surface area (Å²) in [5, 5.41) is 15.2. The molecule has 3 N–H and O–H groups in total. The van der Waals surface area contributed by atoms with Gasteiger partial charge in [-0.05, 0) is 67.6 Å². The van der Waals surface area contributed by atoms with E-state index in [0.29, 0.717) is 22.7 Å². The molecule has 2 aromatic carbocycles. The summed E-state index contributed by atoms with van der Waals surface area (Å²) < 4.78 is 5.39. The summed E-state index contributed by atoms with van der Waals surface area (Å²) in [7, 11) is 0. The third-order valence-corrected chi connectivity index (χ3v) is 7.45. The molecule has 192 valence electrons. The zero-order valence-electron chi connectivity index (χ0n) is 20.9. The molecule has 9 heteroatoms. The minimum atomic E-state index is -0.937. The van der Waals surface area contributed by atoms with Crippen LogP contribution in [0.3, 0.4) is 0 Å². The van der Waals surface area contributed by atoms with Gasteiger partial charge in [-0.15, -0.1) is 0 Å². The molecule has 0 saturated carbocycles. The fourth-order valence-electron chi connectivity index (χ4n) is 4.59. The van der Waals surface area contributed by atoms with Gasteiger partial charge in [0, 0.05) is 46.5 Å². The summed E-state index contributed by atoms with van der Waals surface area (Å²) in [6.07, 6.45) is 4.41. The van der Waals surface area contributed by atoms with E-state index < -0.39 is 5.97 Å². The van der Waals surface area contributed by atoms with Crippen molar-refractivity contribution in [3.63, 3.8) is 0 Å². The van der Waals surface area contributed by atoms with Crippen molar-refractivity contribution in [2.24, 2.45) is 0 Å². The zero-order valence-corrected chi connectivity index (χ0v) is 21.7. The number of hydrogen-bond donors (Lipinski definition) is 3. The predicted molar refractivity (Wildman–Crippen MR) is 151 cm³/mol. The molecule has 1 aliphatic rings. The van der Waals surface area contributed by atoms with Crippen LogP contribution in [0, 0.1) is 6.92 Å². The molecule has 3 heterocycles. The van der Waals surface area contributed by atoms with Crippen molar-refractivity contribution < 1.29 is 14.6 Å². The van der Waals surface area contributed by atoms with Crippen LogP contribution in [0.25, 0.3) is 27.4 Å². The molecule has 2 aromatic heterocycles. The van der Waals surface area contributed by atoms with Gasteiger partial charge in [-0.3, -0.25) is 4.90 Å². The lowest BCUT2D eigenvalue weighted by atomic mass is 10.0. The predicted octanol–water partition coefficient (Wildman–Crippen LogP) is 5.09. The van der Waals surface area contributed by atoms with E-state index in [1.54, 1.807) is 11.8 Å². The number of carboxylic acid groups (broad SMARTS) is 1. The number of fused-ring (bicyclic) bond motifs is 2. The number of aryl methyl sites for hydroxylation is 1. The summed E-state index contributed by atoms with van der Waals surface area (Å²) in [5.41, 5.74) is 4.77. The van der Waals surface area contributed by atoms with E-state index in [0.717, 1.165) is 78.2 Å². The monoisotopic (exact) mass is 517 g/mol. The van der Waals surface area contributed by atoms with Gasteiger partial charge in [0.25, 0.3) is 0 Å². The van der Waals surface area contributed by atoms with Crippen LogP contribution in [0.15, 0.2) is 54.9 Å². The van der Waals surface area contributed by atoms with Crippen molar-refractivity contribution in [1.82, 2.24) is 19.9 Å². The lowest BCUT2D eigenvalue weighted by molar-refractivity contribution is -0.130. The van der Waals surface area contributed by atoms with Gasteiger partial charge in [0.05, 0.1) is 24.3 Å². The highest BCUT2D eigenvalue weighted by Gasteiger charge is 2.14. The van der Waals surface area contributed by atoms with Gasteiger partial charge in [0.15, 0.2) is 0 Å². The molecule has 1 aliphatic heterocycles. The Morgan fingerprint density at radius 2 is 2.05 bits per heavy atom. The molecule has 0 unspecified atom stereocenters. The Bertz CT molecular complexity index is 1430. The van der Waals surface area contributed by atoms with Crippen molar-refractivity contribution in [1.29, 1.82) is 0 Å². The van der Waals surface area contributed by atoms with Crippen LogP contribution in [-0.2, 0) is 9.53 Å². The van der Waals surface area contributed by atoms with E-state index in [1.165, 1.54) is 6.33 Å². The molecule has 8 nitrogen and oxygen atoms in total. The second kappa shape index (κ2) is 11.8. The number of aromatic nitrogens is 3. The summed E-state index contributed by atoms with van der Waals surface area (Å²) in [4.78, 5) is 26.7. The second-order valence-electron chi connectivity index (χ2n) is 9.14. The summed E-state index contributed by atoms with van der Waals surface area (Å²) in [6.45, 7) is 6.71. The Morgan fingerprint density at radius 3 is 2.89 bits per heavy atom. The van der Waals surface area contributed by atoms with Crippen molar-refractivity contribution in [3.05, 3.63) is 66.1 Å². The molecule has 0 bridgehead atoms. The summed E-state index contributed by atoms with van der Waals surface area (Å²) >= 11 is 1.76. The molecule has 0 aliphatic carbocycles. The largest absolute Gasteiger partial charge is 0.478 e. The van der Waals surface area contributed by atoms with E-state index >= 15 is 0 Å². The van der Waals surface area contributed by atoms with E-state index in [1.807, 2.05) is 43.3 Å². The van der Waals surface area contributed by atoms with E-state index in [9.17, 15) is 9.90 Å². The summed E-state index contributed by atoms with van der Waals surface area (Å²) in [5.74, 6) is 1.34. The fraction of sp³-hybridized carbons (Fsp3) is 0.321. The third kappa shape index (κ3) is 6.30. The smallest absolute Gasteiger partial charge is 0.335 e.